The predicted molar refractivity (Wildman–Crippen MR) is 123 cm³/mol. The van der Waals surface area contributed by atoms with E-state index in [1.165, 1.54) is 27.8 Å². The summed E-state index contributed by atoms with van der Waals surface area (Å²) in [7, 11) is 0. The summed E-state index contributed by atoms with van der Waals surface area (Å²) in [6.45, 7) is 5.25. The van der Waals surface area contributed by atoms with Gasteiger partial charge in [0.05, 0.1) is 0 Å². The van der Waals surface area contributed by atoms with Crippen molar-refractivity contribution in [1.82, 2.24) is 0 Å². The lowest BCUT2D eigenvalue weighted by Crippen LogP contribution is -1.98. The van der Waals surface area contributed by atoms with E-state index in [-0.39, 0.29) is 0 Å². The van der Waals surface area contributed by atoms with Crippen LogP contribution in [0.3, 0.4) is 0 Å². The summed E-state index contributed by atoms with van der Waals surface area (Å²) in [5.41, 5.74) is 7.15. The quantitative estimate of drug-likeness (QED) is 0.332. The number of ether oxygens (including phenoxy) is 2. The van der Waals surface area contributed by atoms with Crippen LogP contribution < -0.4 is 9.47 Å². The minimum atomic E-state index is 0.539. The molecule has 0 saturated carbocycles. The summed E-state index contributed by atoms with van der Waals surface area (Å²) in [5, 5.41) is 0. The maximum absolute atomic E-state index is 6.01. The van der Waals surface area contributed by atoms with Crippen LogP contribution in [0.1, 0.15) is 22.3 Å². The minimum absolute atomic E-state index is 0.539. The molecule has 0 radical (unpaired) electrons. The first-order chi connectivity index (χ1) is 14.7. The SMILES string of the molecule is Cc1ccc(OCc2ccc(-c3ccccc3COc3ccc(C)cc3)cc2)cc1. The first-order valence-electron chi connectivity index (χ1n) is 10.2. The zero-order valence-corrected chi connectivity index (χ0v) is 17.5. The molecule has 150 valence electrons. The van der Waals surface area contributed by atoms with Gasteiger partial charge in [0.1, 0.15) is 24.7 Å². The number of benzene rings is 4. The molecular weight excluding hydrogens is 368 g/mol. The average molecular weight is 395 g/mol. The standard InChI is InChI=1S/C28H26O2/c1-21-7-15-26(16-8-21)29-19-23-11-13-24(14-12-23)28-6-4-3-5-25(28)20-30-27-17-9-22(2)10-18-27/h3-18H,19-20H2,1-2H3. The second-order valence-electron chi connectivity index (χ2n) is 7.56. The number of rotatable bonds is 7. The number of hydrogen-bond acceptors (Lipinski definition) is 2. The van der Waals surface area contributed by atoms with E-state index in [1.54, 1.807) is 0 Å². The zero-order valence-electron chi connectivity index (χ0n) is 17.5. The molecule has 4 rings (SSSR count). The van der Waals surface area contributed by atoms with Crippen LogP contribution in [-0.4, -0.2) is 0 Å². The van der Waals surface area contributed by atoms with Crippen LogP contribution in [0.25, 0.3) is 11.1 Å². The van der Waals surface area contributed by atoms with Gasteiger partial charge >= 0.3 is 0 Å². The fraction of sp³-hybridized carbons (Fsp3) is 0.143. The molecule has 0 fully saturated rings. The summed E-state index contributed by atoms with van der Waals surface area (Å²) in [6.07, 6.45) is 0. The highest BCUT2D eigenvalue weighted by molar-refractivity contribution is 5.67. The van der Waals surface area contributed by atoms with Gasteiger partial charge in [0.2, 0.25) is 0 Å². The monoisotopic (exact) mass is 394 g/mol. The van der Waals surface area contributed by atoms with Crippen molar-refractivity contribution >= 4 is 0 Å². The number of aryl methyl sites for hydroxylation is 2. The molecule has 4 aromatic carbocycles. The Balaban J connectivity index is 1.43. The van der Waals surface area contributed by atoms with Crippen molar-refractivity contribution in [3.05, 3.63) is 119 Å². The lowest BCUT2D eigenvalue weighted by molar-refractivity contribution is 0.306. The van der Waals surface area contributed by atoms with Gasteiger partial charge in [-0.05, 0) is 60.4 Å². The Bertz CT molecular complexity index is 1080. The fourth-order valence-electron chi connectivity index (χ4n) is 3.31. The van der Waals surface area contributed by atoms with Crippen molar-refractivity contribution in [2.45, 2.75) is 27.1 Å². The Kier molecular flexibility index (Phi) is 6.14. The van der Waals surface area contributed by atoms with Gasteiger partial charge in [-0.25, -0.2) is 0 Å². The second kappa shape index (κ2) is 9.32. The molecule has 2 heteroatoms. The van der Waals surface area contributed by atoms with Gasteiger partial charge in [-0.3, -0.25) is 0 Å². The van der Waals surface area contributed by atoms with Crippen LogP contribution in [-0.2, 0) is 13.2 Å². The Hall–Kier alpha value is -3.52. The van der Waals surface area contributed by atoms with Crippen molar-refractivity contribution in [3.8, 4) is 22.6 Å². The van der Waals surface area contributed by atoms with Crippen molar-refractivity contribution in [1.29, 1.82) is 0 Å². The average Bonchev–Trinajstić information content (AvgIpc) is 2.79. The van der Waals surface area contributed by atoms with E-state index in [2.05, 4.69) is 86.6 Å². The van der Waals surface area contributed by atoms with Crippen LogP contribution >= 0.6 is 0 Å². The molecule has 0 saturated heterocycles. The molecule has 0 heterocycles. The van der Waals surface area contributed by atoms with E-state index < -0.39 is 0 Å². The van der Waals surface area contributed by atoms with E-state index in [1.807, 2.05) is 24.3 Å². The van der Waals surface area contributed by atoms with Crippen molar-refractivity contribution in [2.24, 2.45) is 0 Å². The van der Waals surface area contributed by atoms with Crippen molar-refractivity contribution in [2.75, 3.05) is 0 Å². The fourth-order valence-corrected chi connectivity index (χ4v) is 3.31. The predicted octanol–water partition coefficient (Wildman–Crippen LogP) is 7.13. The molecule has 0 aliphatic heterocycles. The van der Waals surface area contributed by atoms with Gasteiger partial charge in [-0.1, -0.05) is 83.9 Å². The highest BCUT2D eigenvalue weighted by atomic mass is 16.5. The Morgan fingerprint density at radius 3 is 1.67 bits per heavy atom. The largest absolute Gasteiger partial charge is 0.489 e. The topological polar surface area (TPSA) is 18.5 Å². The lowest BCUT2D eigenvalue weighted by Gasteiger charge is -2.12. The van der Waals surface area contributed by atoms with E-state index >= 15 is 0 Å². The summed E-state index contributed by atoms with van der Waals surface area (Å²) in [6, 6.07) is 33.3. The first-order valence-corrected chi connectivity index (χ1v) is 10.2. The minimum Gasteiger partial charge on any atom is -0.489 e. The molecular formula is C28H26O2. The summed E-state index contributed by atoms with van der Waals surface area (Å²) in [4.78, 5) is 0. The molecule has 0 bridgehead atoms. The Morgan fingerprint density at radius 2 is 1.07 bits per heavy atom. The van der Waals surface area contributed by atoms with Gasteiger partial charge in [0.25, 0.3) is 0 Å². The van der Waals surface area contributed by atoms with Gasteiger partial charge in [0, 0.05) is 0 Å². The van der Waals surface area contributed by atoms with Crippen LogP contribution in [0, 0.1) is 13.8 Å². The van der Waals surface area contributed by atoms with Gasteiger partial charge in [-0.2, -0.15) is 0 Å². The van der Waals surface area contributed by atoms with Crippen molar-refractivity contribution in [3.63, 3.8) is 0 Å². The number of hydrogen-bond donors (Lipinski definition) is 0. The van der Waals surface area contributed by atoms with E-state index in [0.29, 0.717) is 13.2 Å². The maximum Gasteiger partial charge on any atom is 0.119 e. The smallest absolute Gasteiger partial charge is 0.119 e. The Labute approximate surface area is 178 Å². The van der Waals surface area contributed by atoms with Gasteiger partial charge < -0.3 is 9.47 Å². The summed E-state index contributed by atoms with van der Waals surface area (Å²) < 4.78 is 11.9. The normalized spacial score (nSPS) is 10.6. The van der Waals surface area contributed by atoms with Crippen LogP contribution in [0.4, 0.5) is 0 Å². The van der Waals surface area contributed by atoms with Gasteiger partial charge in [-0.15, -0.1) is 0 Å². The molecule has 4 aromatic rings. The summed E-state index contributed by atoms with van der Waals surface area (Å²) in [5.74, 6) is 1.78. The third-order valence-corrected chi connectivity index (χ3v) is 5.12. The molecule has 0 N–H and O–H groups in total. The lowest BCUT2D eigenvalue weighted by atomic mass is 9.99. The molecule has 2 nitrogen and oxygen atoms in total. The third-order valence-electron chi connectivity index (χ3n) is 5.12. The second-order valence-corrected chi connectivity index (χ2v) is 7.56. The molecule has 30 heavy (non-hydrogen) atoms. The summed E-state index contributed by atoms with van der Waals surface area (Å²) >= 11 is 0. The molecule has 0 spiro atoms. The Morgan fingerprint density at radius 1 is 0.533 bits per heavy atom. The molecule has 0 atom stereocenters. The molecule has 0 amide bonds. The van der Waals surface area contributed by atoms with Crippen LogP contribution in [0.5, 0.6) is 11.5 Å². The van der Waals surface area contributed by atoms with E-state index in [0.717, 1.165) is 17.1 Å². The first kappa shape index (κ1) is 19.8. The van der Waals surface area contributed by atoms with Crippen molar-refractivity contribution < 1.29 is 9.47 Å². The molecule has 0 unspecified atom stereocenters. The zero-order chi connectivity index (χ0) is 20.8. The third kappa shape index (κ3) is 5.09. The molecule has 0 aliphatic carbocycles. The van der Waals surface area contributed by atoms with Gasteiger partial charge in [0.15, 0.2) is 0 Å². The van der Waals surface area contributed by atoms with Crippen LogP contribution in [0.2, 0.25) is 0 Å². The maximum atomic E-state index is 6.01. The van der Waals surface area contributed by atoms with Crippen LogP contribution in [0.15, 0.2) is 97.1 Å². The highest BCUT2D eigenvalue weighted by Crippen LogP contribution is 2.26. The van der Waals surface area contributed by atoms with E-state index in [4.69, 9.17) is 9.47 Å². The molecule has 0 aliphatic rings. The van der Waals surface area contributed by atoms with E-state index in [9.17, 15) is 0 Å². The molecule has 0 aromatic heterocycles. The highest BCUT2D eigenvalue weighted by Gasteiger charge is 2.06.